The summed E-state index contributed by atoms with van der Waals surface area (Å²) in [7, 11) is 0. The van der Waals surface area contributed by atoms with Crippen molar-refractivity contribution in [2.24, 2.45) is 17.8 Å². The summed E-state index contributed by atoms with van der Waals surface area (Å²) in [5, 5.41) is 13.3. The van der Waals surface area contributed by atoms with Gasteiger partial charge < -0.3 is 29.7 Å². The van der Waals surface area contributed by atoms with Crippen LogP contribution in [0.15, 0.2) is 55.6 Å². The molecule has 240 valence electrons. The molecule has 3 aliphatic heterocycles. The number of nitrogens with one attached hydrogen (secondary N) is 1. The summed E-state index contributed by atoms with van der Waals surface area (Å²) in [4.78, 5) is 57.9. The number of aliphatic hydroxyl groups is 1. The molecule has 0 unspecified atom stereocenters. The molecule has 4 rings (SSSR count). The van der Waals surface area contributed by atoms with Gasteiger partial charge in [-0.3, -0.25) is 19.2 Å². The Morgan fingerprint density at radius 1 is 1.23 bits per heavy atom. The van der Waals surface area contributed by atoms with Gasteiger partial charge in [0.2, 0.25) is 17.7 Å². The average Bonchev–Trinajstić information content (AvgIpc) is 3.66. The van der Waals surface area contributed by atoms with E-state index in [2.05, 4.69) is 18.5 Å². The number of benzene rings is 1. The molecule has 1 aromatic carbocycles. The van der Waals surface area contributed by atoms with E-state index in [1.165, 1.54) is 4.90 Å². The van der Waals surface area contributed by atoms with E-state index in [0.717, 1.165) is 5.56 Å². The minimum Gasteiger partial charge on any atom is -0.460 e. The maximum Gasteiger partial charge on any atom is 0.312 e. The van der Waals surface area contributed by atoms with Gasteiger partial charge in [0.25, 0.3) is 0 Å². The van der Waals surface area contributed by atoms with Crippen molar-refractivity contribution in [2.75, 3.05) is 19.7 Å². The highest BCUT2D eigenvalue weighted by atomic mass is 16.6. The van der Waals surface area contributed by atoms with Gasteiger partial charge in [-0.1, -0.05) is 62.8 Å². The Morgan fingerprint density at radius 2 is 1.95 bits per heavy atom. The highest BCUT2D eigenvalue weighted by molar-refractivity contribution is 5.98. The maximum absolute atomic E-state index is 14.6. The lowest BCUT2D eigenvalue weighted by Gasteiger charge is -2.41. The van der Waals surface area contributed by atoms with E-state index in [1.807, 2.05) is 44.2 Å². The molecule has 3 amide bonds. The fourth-order valence-electron chi connectivity index (χ4n) is 7.07. The van der Waals surface area contributed by atoms with Crippen LogP contribution in [0.2, 0.25) is 0 Å². The first kappa shape index (κ1) is 33.4. The molecule has 10 nitrogen and oxygen atoms in total. The second-order valence-electron chi connectivity index (χ2n) is 12.3. The zero-order valence-electron chi connectivity index (χ0n) is 26.2. The molecule has 2 bridgehead atoms. The molecule has 3 saturated heterocycles. The van der Waals surface area contributed by atoms with Crippen LogP contribution < -0.4 is 5.32 Å². The third-order valence-electron chi connectivity index (χ3n) is 9.45. The van der Waals surface area contributed by atoms with Crippen LogP contribution in [0.3, 0.4) is 0 Å². The van der Waals surface area contributed by atoms with Gasteiger partial charge >= 0.3 is 5.97 Å². The lowest BCUT2D eigenvalue weighted by atomic mass is 9.70. The molecular formula is C34H47N3O7. The summed E-state index contributed by atoms with van der Waals surface area (Å²) in [6.45, 7) is 13.5. The minimum atomic E-state index is -1.22. The zero-order valence-corrected chi connectivity index (χ0v) is 26.2. The quantitative estimate of drug-likeness (QED) is 0.218. The first-order chi connectivity index (χ1) is 21.1. The average molecular weight is 610 g/mol. The Morgan fingerprint density at radius 3 is 2.59 bits per heavy atom. The molecule has 2 N–H and O–H groups in total. The van der Waals surface area contributed by atoms with Crippen molar-refractivity contribution in [3.63, 3.8) is 0 Å². The van der Waals surface area contributed by atoms with E-state index in [4.69, 9.17) is 9.47 Å². The van der Waals surface area contributed by atoms with Crippen LogP contribution in [-0.4, -0.2) is 88.2 Å². The number of likely N-dealkylation sites (tertiary alicyclic amines) is 1. The third-order valence-corrected chi connectivity index (χ3v) is 9.45. The van der Waals surface area contributed by atoms with Crippen LogP contribution in [0.5, 0.6) is 0 Å². The second kappa shape index (κ2) is 14.5. The van der Waals surface area contributed by atoms with E-state index in [-0.39, 0.29) is 43.3 Å². The van der Waals surface area contributed by atoms with Crippen LogP contribution in [0.25, 0.3) is 0 Å². The van der Waals surface area contributed by atoms with Gasteiger partial charge in [0, 0.05) is 19.5 Å². The summed E-state index contributed by atoms with van der Waals surface area (Å²) in [5.41, 5.74) is -0.293. The number of amides is 3. The number of hydrogen-bond donors (Lipinski definition) is 2. The normalized spacial score (nSPS) is 27.3. The molecule has 10 heteroatoms. The first-order valence-corrected chi connectivity index (χ1v) is 15.8. The molecule has 3 fully saturated rings. The maximum atomic E-state index is 14.6. The van der Waals surface area contributed by atoms with Crippen molar-refractivity contribution in [2.45, 2.75) is 89.3 Å². The Bertz CT molecular complexity index is 1220. The van der Waals surface area contributed by atoms with Crippen molar-refractivity contribution in [1.82, 2.24) is 15.1 Å². The number of fused-ring (bicyclic) bond motifs is 1. The molecule has 44 heavy (non-hydrogen) atoms. The molecule has 0 saturated carbocycles. The highest BCUT2D eigenvalue weighted by Gasteiger charge is 2.75. The molecule has 3 aliphatic rings. The number of carbonyl (C=O) groups is 4. The predicted octanol–water partition coefficient (Wildman–Crippen LogP) is 3.00. The van der Waals surface area contributed by atoms with E-state index in [9.17, 15) is 24.3 Å². The largest absolute Gasteiger partial charge is 0.460 e. The third kappa shape index (κ3) is 6.47. The summed E-state index contributed by atoms with van der Waals surface area (Å²) in [6.07, 6.45) is 4.57. The minimum absolute atomic E-state index is 0.108. The lowest BCUT2D eigenvalue weighted by molar-refractivity contribution is -0.160. The predicted molar refractivity (Wildman–Crippen MR) is 165 cm³/mol. The molecular weight excluding hydrogens is 562 g/mol. The van der Waals surface area contributed by atoms with Gasteiger partial charge in [0.05, 0.1) is 37.1 Å². The number of carbonyl (C=O) groups excluding carboxylic acids is 4. The van der Waals surface area contributed by atoms with Crippen molar-refractivity contribution in [1.29, 1.82) is 0 Å². The number of esters is 1. The Labute approximate surface area is 260 Å². The van der Waals surface area contributed by atoms with Gasteiger partial charge in [0.15, 0.2) is 0 Å². The first-order valence-electron chi connectivity index (χ1n) is 15.8. The molecule has 1 aromatic rings. The van der Waals surface area contributed by atoms with E-state index >= 15 is 0 Å². The fourth-order valence-corrected chi connectivity index (χ4v) is 7.07. The highest BCUT2D eigenvalue weighted by Crippen LogP contribution is 2.59. The van der Waals surface area contributed by atoms with Gasteiger partial charge in [-0.2, -0.15) is 0 Å². The van der Waals surface area contributed by atoms with Crippen LogP contribution in [0.4, 0.5) is 0 Å². The van der Waals surface area contributed by atoms with Crippen molar-refractivity contribution in [3.8, 4) is 0 Å². The van der Waals surface area contributed by atoms with Crippen LogP contribution >= 0.6 is 0 Å². The van der Waals surface area contributed by atoms with E-state index in [0.29, 0.717) is 38.6 Å². The number of allylic oxidation sites excluding steroid dienone is 1. The fraction of sp³-hybridized carbons (Fsp3) is 0.588. The van der Waals surface area contributed by atoms with Gasteiger partial charge in [-0.25, -0.2) is 0 Å². The lowest BCUT2D eigenvalue weighted by Crippen LogP contribution is -2.59. The number of nitrogens with zero attached hydrogens (tertiary/aromatic N) is 2. The molecule has 0 radical (unpaired) electrons. The molecule has 0 aliphatic carbocycles. The summed E-state index contributed by atoms with van der Waals surface area (Å²) in [6, 6.07) is 7.94. The Balaban J connectivity index is 1.64. The van der Waals surface area contributed by atoms with Crippen LogP contribution in [0.1, 0.15) is 58.4 Å². The molecule has 3 heterocycles. The summed E-state index contributed by atoms with van der Waals surface area (Å²) in [5.74, 6) is -3.33. The number of rotatable bonds is 16. The van der Waals surface area contributed by atoms with E-state index < -0.39 is 47.7 Å². The number of ether oxygens (including phenoxy) is 2. The molecule has 0 aromatic heterocycles. The van der Waals surface area contributed by atoms with E-state index in [1.54, 1.807) is 24.0 Å². The Kier molecular flexibility index (Phi) is 11.0. The summed E-state index contributed by atoms with van der Waals surface area (Å²) < 4.78 is 12.3. The van der Waals surface area contributed by atoms with Crippen LogP contribution in [-0.2, 0) is 35.2 Å². The van der Waals surface area contributed by atoms with Gasteiger partial charge in [-0.15, -0.1) is 13.2 Å². The number of aliphatic hydroxyl groups excluding tert-OH is 1. The van der Waals surface area contributed by atoms with Gasteiger partial charge in [0.1, 0.15) is 17.7 Å². The van der Waals surface area contributed by atoms with Gasteiger partial charge in [-0.05, 0) is 37.7 Å². The van der Waals surface area contributed by atoms with Crippen LogP contribution in [0, 0.1) is 17.8 Å². The van der Waals surface area contributed by atoms with Crippen molar-refractivity contribution in [3.05, 3.63) is 61.2 Å². The SMILES string of the molecule is C=CCCC(=O)NC[C@@H](C)OC(=O)[C@@H]1[C@H]2C(=O)N([C@@H](CO)[C@@H](C)CC)[C@H](C(=O)N(CC=C)Cc3ccccc3)[C@]23CC[C@H]1O3. The van der Waals surface area contributed by atoms with Crippen molar-refractivity contribution >= 4 is 23.7 Å². The monoisotopic (exact) mass is 609 g/mol. The molecule has 1 spiro atoms. The van der Waals surface area contributed by atoms with Crippen molar-refractivity contribution < 1.29 is 33.8 Å². The molecule has 8 atom stereocenters. The topological polar surface area (TPSA) is 125 Å². The Hall–Kier alpha value is -3.50. The zero-order chi connectivity index (χ0) is 32.0. The number of hydrogen-bond acceptors (Lipinski definition) is 7. The second-order valence-corrected chi connectivity index (χ2v) is 12.3. The standard InChI is InChI=1S/C34H47N3O7/c1-6-9-15-27(39)35-19-23(5)43-33(42)28-26-16-17-34(44-26)29(28)31(40)37(25(21-38)22(4)8-3)30(34)32(41)36(18-7-2)20-24-13-11-10-12-14-24/h6-7,10-14,22-23,25-26,28-30,38H,1-2,8-9,15-21H2,3-5H3,(H,35,39)/t22-,23+,25-,26+,28-,29-,30+,34-/m0/s1. The summed E-state index contributed by atoms with van der Waals surface area (Å²) >= 11 is 0. The smallest absolute Gasteiger partial charge is 0.312 e.